The van der Waals surface area contributed by atoms with Gasteiger partial charge >= 0.3 is 6.09 Å². The smallest absolute Gasteiger partial charge is 0.407 e. The molecule has 0 fully saturated rings. The first kappa shape index (κ1) is 23.2. The van der Waals surface area contributed by atoms with Gasteiger partial charge in [0.05, 0.1) is 17.1 Å². The maximum atomic E-state index is 12.5. The number of aromatic amines is 1. The lowest BCUT2D eigenvalue weighted by molar-refractivity contribution is 0.0899. The molecule has 6 rings (SSSR count). The molecule has 2 aromatic carbocycles. The average Bonchev–Trinajstić information content (AvgIpc) is 3.52. The van der Waals surface area contributed by atoms with Gasteiger partial charge in [0, 0.05) is 48.7 Å². The zero-order valence-corrected chi connectivity index (χ0v) is 21.4. The van der Waals surface area contributed by atoms with Crippen molar-refractivity contribution in [3.8, 4) is 0 Å². The number of aromatic nitrogens is 4. The van der Waals surface area contributed by atoms with Crippen molar-refractivity contribution in [3.05, 3.63) is 71.0 Å². The molecule has 37 heavy (non-hydrogen) atoms. The van der Waals surface area contributed by atoms with Crippen LogP contribution < -0.4 is 15.5 Å². The van der Waals surface area contributed by atoms with Crippen LogP contribution in [0.4, 0.5) is 22.0 Å². The minimum Gasteiger partial charge on any atom is -0.446 e. The summed E-state index contributed by atoms with van der Waals surface area (Å²) >= 11 is 1.65. The Kier molecular flexibility index (Phi) is 6.09. The van der Waals surface area contributed by atoms with E-state index in [4.69, 9.17) is 4.74 Å². The van der Waals surface area contributed by atoms with Crippen LogP contribution in [0.5, 0.6) is 0 Å². The van der Waals surface area contributed by atoms with Crippen LogP contribution in [0.1, 0.15) is 22.4 Å². The van der Waals surface area contributed by atoms with Crippen molar-refractivity contribution in [3.63, 3.8) is 0 Å². The summed E-state index contributed by atoms with van der Waals surface area (Å²) in [6, 6.07) is 14.1. The van der Waals surface area contributed by atoms with Crippen LogP contribution in [-0.2, 0) is 24.1 Å². The molecule has 3 heterocycles. The molecule has 3 aromatic heterocycles. The van der Waals surface area contributed by atoms with Gasteiger partial charge in [0.15, 0.2) is 0 Å². The number of amides is 1. The molecule has 188 valence electrons. The third kappa shape index (κ3) is 4.79. The maximum absolute atomic E-state index is 12.5. The van der Waals surface area contributed by atoms with Crippen molar-refractivity contribution < 1.29 is 9.53 Å². The van der Waals surface area contributed by atoms with Crippen molar-refractivity contribution in [2.24, 2.45) is 0 Å². The molecular weight excluding hydrogens is 486 g/mol. The molecule has 1 amide bonds. The number of hydrogen-bond acceptors (Lipinski definition) is 8. The van der Waals surface area contributed by atoms with Gasteiger partial charge < -0.3 is 20.3 Å². The van der Waals surface area contributed by atoms with Gasteiger partial charge in [0.1, 0.15) is 23.1 Å². The first-order chi connectivity index (χ1) is 18.0. The quantitative estimate of drug-likeness (QED) is 0.288. The normalized spacial score (nSPS) is 14.9. The first-order valence-corrected chi connectivity index (χ1v) is 13.0. The summed E-state index contributed by atoms with van der Waals surface area (Å²) in [5, 5.41) is 15.5. The highest BCUT2D eigenvalue weighted by Gasteiger charge is 2.27. The fraction of sp³-hybridized carbons (Fsp3) is 0.259. The summed E-state index contributed by atoms with van der Waals surface area (Å²) < 4.78 is 5.77. The van der Waals surface area contributed by atoms with Gasteiger partial charge in [-0.2, -0.15) is 5.10 Å². The SMILES string of the molecule is CN(C)c1ccc(CNC(=O)OC2CCc3c(sc4ncnc(Nc5ccc6[nH]ncc6c5)c34)C2)cc1. The standard InChI is InChI=1S/C27H27N7O2S/c1-34(2)19-6-3-16(4-7-19)13-28-27(35)36-20-8-9-21-23(12-20)37-26-24(21)25(29-15-30-26)32-18-5-10-22-17(11-18)14-31-33-22/h3-7,10-11,14-15,20H,8-9,12-13H2,1-2H3,(H,28,35)(H,31,33)(H,29,30,32). The molecule has 3 N–H and O–H groups in total. The van der Waals surface area contributed by atoms with Gasteiger partial charge in [-0.05, 0) is 54.3 Å². The molecule has 1 aliphatic rings. The van der Waals surface area contributed by atoms with Crippen molar-refractivity contribution in [2.45, 2.75) is 31.9 Å². The van der Waals surface area contributed by atoms with Crippen LogP contribution >= 0.6 is 11.3 Å². The first-order valence-electron chi connectivity index (χ1n) is 12.2. The Labute approximate surface area is 217 Å². The molecule has 1 unspecified atom stereocenters. The molecule has 1 atom stereocenters. The van der Waals surface area contributed by atoms with E-state index in [9.17, 15) is 4.79 Å². The van der Waals surface area contributed by atoms with Gasteiger partial charge in [-0.3, -0.25) is 5.10 Å². The van der Waals surface area contributed by atoms with Gasteiger partial charge in [0.25, 0.3) is 0 Å². The second-order valence-electron chi connectivity index (χ2n) is 9.39. The molecule has 10 heteroatoms. The van der Waals surface area contributed by atoms with Gasteiger partial charge in [-0.15, -0.1) is 11.3 Å². The minimum absolute atomic E-state index is 0.162. The monoisotopic (exact) mass is 513 g/mol. The summed E-state index contributed by atoms with van der Waals surface area (Å²) in [4.78, 5) is 25.8. The lowest BCUT2D eigenvalue weighted by Crippen LogP contribution is -2.31. The van der Waals surface area contributed by atoms with Crippen LogP contribution in [0.2, 0.25) is 0 Å². The van der Waals surface area contributed by atoms with E-state index in [-0.39, 0.29) is 12.2 Å². The minimum atomic E-state index is -0.386. The van der Waals surface area contributed by atoms with Crippen LogP contribution in [0.3, 0.4) is 0 Å². The zero-order chi connectivity index (χ0) is 25.4. The van der Waals surface area contributed by atoms with Gasteiger partial charge in [0.2, 0.25) is 0 Å². The largest absolute Gasteiger partial charge is 0.446 e. The Bertz CT molecular complexity index is 1580. The average molecular weight is 514 g/mol. The fourth-order valence-corrected chi connectivity index (χ4v) is 5.96. The van der Waals surface area contributed by atoms with Gasteiger partial charge in [-0.1, -0.05) is 12.1 Å². The second-order valence-corrected chi connectivity index (χ2v) is 10.5. The van der Waals surface area contributed by atoms with Crippen molar-refractivity contribution in [1.82, 2.24) is 25.5 Å². The molecule has 0 spiro atoms. The number of H-pyrrole nitrogens is 1. The number of carbonyl (C=O) groups excluding carboxylic acids is 1. The maximum Gasteiger partial charge on any atom is 0.407 e. The topological polar surface area (TPSA) is 108 Å². The fourth-order valence-electron chi connectivity index (χ4n) is 4.71. The number of ether oxygens (including phenoxy) is 1. The van der Waals surface area contributed by atoms with E-state index in [1.807, 2.05) is 61.5 Å². The molecule has 1 aliphatic carbocycles. The van der Waals surface area contributed by atoms with Crippen molar-refractivity contribution in [2.75, 3.05) is 24.3 Å². The predicted molar refractivity (Wildman–Crippen MR) is 147 cm³/mol. The number of alkyl carbamates (subject to hydrolysis) is 1. The number of hydrogen-bond donors (Lipinski definition) is 3. The Morgan fingerprint density at radius 3 is 2.89 bits per heavy atom. The number of anilines is 3. The number of thiophene rings is 1. The zero-order valence-electron chi connectivity index (χ0n) is 20.6. The molecule has 0 saturated carbocycles. The number of aryl methyl sites for hydroxylation is 1. The van der Waals surface area contributed by atoms with Crippen LogP contribution in [0.15, 0.2) is 55.0 Å². The number of benzene rings is 2. The van der Waals surface area contributed by atoms with E-state index < -0.39 is 0 Å². The van der Waals surface area contributed by atoms with E-state index in [0.717, 1.165) is 56.7 Å². The van der Waals surface area contributed by atoms with Crippen LogP contribution in [0.25, 0.3) is 21.1 Å². The lowest BCUT2D eigenvalue weighted by atomic mass is 9.94. The van der Waals surface area contributed by atoms with Crippen molar-refractivity contribution in [1.29, 1.82) is 0 Å². The Hall–Kier alpha value is -4.18. The van der Waals surface area contributed by atoms with E-state index in [1.165, 1.54) is 10.4 Å². The highest BCUT2D eigenvalue weighted by Crippen LogP contribution is 2.39. The molecule has 0 saturated heterocycles. The number of nitrogens with zero attached hydrogens (tertiary/aromatic N) is 4. The number of rotatable bonds is 6. The Morgan fingerprint density at radius 2 is 2.05 bits per heavy atom. The second kappa shape index (κ2) is 9.70. The summed E-state index contributed by atoms with van der Waals surface area (Å²) in [5.41, 5.74) is 5.33. The number of nitrogens with one attached hydrogen (secondary N) is 3. The summed E-state index contributed by atoms with van der Waals surface area (Å²) in [6.45, 7) is 0.433. The Morgan fingerprint density at radius 1 is 1.19 bits per heavy atom. The molecule has 5 aromatic rings. The summed E-state index contributed by atoms with van der Waals surface area (Å²) in [6.07, 6.45) is 5.10. The summed E-state index contributed by atoms with van der Waals surface area (Å²) in [7, 11) is 4.00. The third-order valence-electron chi connectivity index (χ3n) is 6.67. The molecule has 0 radical (unpaired) electrons. The summed E-state index contributed by atoms with van der Waals surface area (Å²) in [5.74, 6) is 0.794. The van der Waals surface area contributed by atoms with Gasteiger partial charge in [-0.25, -0.2) is 14.8 Å². The Balaban J connectivity index is 1.12. The van der Waals surface area contributed by atoms with Crippen molar-refractivity contribution >= 4 is 55.7 Å². The van der Waals surface area contributed by atoms with E-state index >= 15 is 0 Å². The highest BCUT2D eigenvalue weighted by molar-refractivity contribution is 7.19. The number of fused-ring (bicyclic) bond motifs is 4. The molecule has 0 aliphatic heterocycles. The van der Waals surface area contributed by atoms with E-state index in [0.29, 0.717) is 13.0 Å². The van der Waals surface area contributed by atoms with E-state index in [1.54, 1.807) is 23.9 Å². The van der Waals surface area contributed by atoms with Crippen LogP contribution in [0, 0.1) is 0 Å². The molecular formula is C27H27N7O2S. The number of carbonyl (C=O) groups is 1. The lowest BCUT2D eigenvalue weighted by Gasteiger charge is -2.23. The predicted octanol–water partition coefficient (Wildman–Crippen LogP) is 5.16. The van der Waals surface area contributed by atoms with E-state index in [2.05, 4.69) is 30.8 Å². The molecule has 9 nitrogen and oxygen atoms in total. The third-order valence-corrected chi connectivity index (χ3v) is 7.83. The van der Waals surface area contributed by atoms with Crippen LogP contribution in [-0.4, -0.2) is 46.5 Å². The molecule has 0 bridgehead atoms. The highest BCUT2D eigenvalue weighted by atomic mass is 32.1.